The summed E-state index contributed by atoms with van der Waals surface area (Å²) in [6, 6.07) is 2.14. The number of nitrogens with one attached hydrogen (secondary N) is 1. The third kappa shape index (κ3) is 3.08. The lowest BCUT2D eigenvalue weighted by Gasteiger charge is -2.32. The molecule has 1 amide bonds. The quantitative estimate of drug-likeness (QED) is 0.928. The molecule has 1 unspecified atom stereocenters. The molecule has 110 valence electrons. The van der Waals surface area contributed by atoms with Crippen LogP contribution in [0.15, 0.2) is 24.7 Å². The number of nitrogens with zero attached hydrogens (tertiary/aromatic N) is 4. The molecule has 1 aliphatic heterocycles. The van der Waals surface area contributed by atoms with E-state index in [9.17, 15) is 4.79 Å². The van der Waals surface area contributed by atoms with Crippen molar-refractivity contribution < 1.29 is 4.79 Å². The maximum atomic E-state index is 12.5. The Kier molecular flexibility index (Phi) is 4.21. The molecule has 2 aromatic heterocycles. The first kappa shape index (κ1) is 14.1. The molecule has 1 fully saturated rings. The monoisotopic (exact) mass is 303 g/mol. The van der Waals surface area contributed by atoms with Gasteiger partial charge in [-0.2, -0.15) is 0 Å². The largest absolute Gasteiger partial charge is 0.336 e. The van der Waals surface area contributed by atoms with Gasteiger partial charge in [0.25, 0.3) is 5.91 Å². The van der Waals surface area contributed by atoms with Crippen molar-refractivity contribution in [2.75, 3.05) is 20.1 Å². The van der Waals surface area contributed by atoms with E-state index < -0.39 is 0 Å². The van der Waals surface area contributed by atoms with E-state index in [2.05, 4.69) is 20.3 Å². The van der Waals surface area contributed by atoms with Gasteiger partial charge in [-0.05, 0) is 26.0 Å². The summed E-state index contributed by atoms with van der Waals surface area (Å²) in [6.07, 6.45) is 7.12. The highest BCUT2D eigenvalue weighted by Gasteiger charge is 2.25. The Morgan fingerprint density at radius 2 is 2.19 bits per heavy atom. The number of piperidine rings is 1. The van der Waals surface area contributed by atoms with E-state index >= 15 is 0 Å². The van der Waals surface area contributed by atoms with E-state index in [1.807, 2.05) is 11.9 Å². The summed E-state index contributed by atoms with van der Waals surface area (Å²) >= 11 is 1.35. The maximum absolute atomic E-state index is 12.5. The van der Waals surface area contributed by atoms with Gasteiger partial charge in [0.1, 0.15) is 4.88 Å². The van der Waals surface area contributed by atoms with E-state index in [1.54, 1.807) is 24.7 Å². The minimum Gasteiger partial charge on any atom is -0.336 e. The first-order chi connectivity index (χ1) is 10.3. The number of amides is 1. The molecule has 1 aliphatic rings. The Balaban J connectivity index is 1.75. The molecule has 0 aliphatic carbocycles. The molecule has 2 aromatic rings. The average molecular weight is 303 g/mol. The Morgan fingerprint density at radius 3 is 2.95 bits per heavy atom. The second-order valence-electron chi connectivity index (χ2n) is 4.98. The van der Waals surface area contributed by atoms with Crippen LogP contribution in [-0.4, -0.2) is 51.9 Å². The number of aromatic nitrogens is 3. The number of thiazole rings is 1. The van der Waals surface area contributed by atoms with Crippen molar-refractivity contribution in [2.45, 2.75) is 18.9 Å². The lowest BCUT2D eigenvalue weighted by atomic mass is 10.1. The molecule has 0 bridgehead atoms. The van der Waals surface area contributed by atoms with Crippen LogP contribution in [0.2, 0.25) is 0 Å². The lowest BCUT2D eigenvalue weighted by molar-refractivity contribution is 0.0703. The molecule has 1 atom stereocenters. The SMILES string of the molecule is CNC1CCCN(C(=O)c2cnc(-c3ncccn3)s2)C1. The van der Waals surface area contributed by atoms with Crippen molar-refractivity contribution in [1.29, 1.82) is 0 Å². The summed E-state index contributed by atoms with van der Waals surface area (Å²) in [5.74, 6) is 0.614. The van der Waals surface area contributed by atoms with Crippen LogP contribution in [0.4, 0.5) is 0 Å². The fraction of sp³-hybridized carbons (Fsp3) is 0.429. The molecule has 1 saturated heterocycles. The number of likely N-dealkylation sites (tertiary alicyclic amines) is 1. The van der Waals surface area contributed by atoms with Crippen molar-refractivity contribution in [3.05, 3.63) is 29.5 Å². The molecule has 0 spiro atoms. The molecular weight excluding hydrogens is 286 g/mol. The first-order valence-corrected chi connectivity index (χ1v) is 7.79. The van der Waals surface area contributed by atoms with Gasteiger partial charge in [-0.3, -0.25) is 4.79 Å². The minimum absolute atomic E-state index is 0.0506. The van der Waals surface area contributed by atoms with Gasteiger partial charge in [0.2, 0.25) is 0 Å². The van der Waals surface area contributed by atoms with Crippen molar-refractivity contribution in [1.82, 2.24) is 25.2 Å². The summed E-state index contributed by atoms with van der Waals surface area (Å²) < 4.78 is 0. The van der Waals surface area contributed by atoms with Gasteiger partial charge in [-0.25, -0.2) is 15.0 Å². The van der Waals surface area contributed by atoms with Crippen LogP contribution >= 0.6 is 11.3 Å². The number of carbonyl (C=O) groups excluding carboxylic acids is 1. The van der Waals surface area contributed by atoms with Crippen molar-refractivity contribution >= 4 is 17.2 Å². The van der Waals surface area contributed by atoms with E-state index in [1.165, 1.54) is 11.3 Å². The second kappa shape index (κ2) is 6.28. The summed E-state index contributed by atoms with van der Waals surface area (Å²) in [5, 5.41) is 3.93. The average Bonchev–Trinajstić information content (AvgIpc) is 3.05. The Hall–Kier alpha value is -1.86. The fourth-order valence-corrected chi connectivity index (χ4v) is 3.27. The van der Waals surface area contributed by atoms with Gasteiger partial charge < -0.3 is 10.2 Å². The van der Waals surface area contributed by atoms with Crippen LogP contribution in [-0.2, 0) is 0 Å². The second-order valence-corrected chi connectivity index (χ2v) is 6.01. The van der Waals surface area contributed by atoms with Gasteiger partial charge in [0, 0.05) is 31.5 Å². The van der Waals surface area contributed by atoms with Gasteiger partial charge in [-0.15, -0.1) is 11.3 Å². The van der Waals surface area contributed by atoms with E-state index in [-0.39, 0.29) is 5.91 Å². The first-order valence-electron chi connectivity index (χ1n) is 6.97. The minimum atomic E-state index is 0.0506. The molecule has 3 rings (SSSR count). The van der Waals surface area contributed by atoms with Gasteiger partial charge in [0.15, 0.2) is 10.8 Å². The highest BCUT2D eigenvalue weighted by molar-refractivity contribution is 7.16. The summed E-state index contributed by atoms with van der Waals surface area (Å²) in [6.45, 7) is 1.57. The predicted molar refractivity (Wildman–Crippen MR) is 81.1 cm³/mol. The van der Waals surface area contributed by atoms with Crippen LogP contribution in [0.3, 0.4) is 0 Å². The van der Waals surface area contributed by atoms with Gasteiger partial charge >= 0.3 is 0 Å². The van der Waals surface area contributed by atoms with Gasteiger partial charge in [0.05, 0.1) is 6.20 Å². The lowest BCUT2D eigenvalue weighted by Crippen LogP contribution is -2.46. The Morgan fingerprint density at radius 1 is 1.38 bits per heavy atom. The molecule has 0 aromatic carbocycles. The van der Waals surface area contributed by atoms with Crippen LogP contribution < -0.4 is 5.32 Å². The molecule has 3 heterocycles. The number of rotatable bonds is 3. The van der Waals surface area contributed by atoms with Crippen LogP contribution in [0, 0.1) is 0 Å². The Bertz CT molecular complexity index is 615. The fourth-order valence-electron chi connectivity index (χ4n) is 2.44. The van der Waals surface area contributed by atoms with Crippen molar-refractivity contribution in [2.24, 2.45) is 0 Å². The topological polar surface area (TPSA) is 71.0 Å². The molecular formula is C14H17N5OS. The zero-order chi connectivity index (χ0) is 14.7. The molecule has 6 nitrogen and oxygen atoms in total. The van der Waals surface area contributed by atoms with Crippen LogP contribution in [0.5, 0.6) is 0 Å². The van der Waals surface area contributed by atoms with Crippen molar-refractivity contribution in [3.8, 4) is 10.8 Å². The number of carbonyl (C=O) groups is 1. The standard InChI is InChI=1S/C14H17N5OS/c1-15-10-4-2-7-19(9-10)14(20)11-8-18-13(21-11)12-16-5-3-6-17-12/h3,5-6,8,10,15H,2,4,7,9H2,1H3. The normalized spacial score (nSPS) is 18.7. The third-order valence-electron chi connectivity index (χ3n) is 3.59. The van der Waals surface area contributed by atoms with E-state index in [0.29, 0.717) is 21.8 Å². The van der Waals surface area contributed by atoms with E-state index in [4.69, 9.17) is 0 Å². The van der Waals surface area contributed by atoms with Gasteiger partial charge in [-0.1, -0.05) is 0 Å². The zero-order valence-electron chi connectivity index (χ0n) is 11.8. The zero-order valence-corrected chi connectivity index (χ0v) is 12.6. The van der Waals surface area contributed by atoms with E-state index in [0.717, 1.165) is 25.9 Å². The van der Waals surface area contributed by atoms with Crippen LogP contribution in [0.25, 0.3) is 10.8 Å². The summed E-state index contributed by atoms with van der Waals surface area (Å²) in [5.41, 5.74) is 0. The smallest absolute Gasteiger partial charge is 0.265 e. The maximum Gasteiger partial charge on any atom is 0.265 e. The molecule has 1 N–H and O–H groups in total. The highest BCUT2D eigenvalue weighted by atomic mass is 32.1. The van der Waals surface area contributed by atoms with Crippen LogP contribution in [0.1, 0.15) is 22.5 Å². The third-order valence-corrected chi connectivity index (χ3v) is 4.57. The summed E-state index contributed by atoms with van der Waals surface area (Å²) in [7, 11) is 1.94. The molecule has 21 heavy (non-hydrogen) atoms. The molecule has 0 saturated carbocycles. The summed E-state index contributed by atoms with van der Waals surface area (Å²) in [4.78, 5) is 27.7. The van der Waals surface area contributed by atoms with Crippen molar-refractivity contribution in [3.63, 3.8) is 0 Å². The number of hydrogen-bond acceptors (Lipinski definition) is 6. The number of likely N-dealkylation sites (N-methyl/N-ethyl adjacent to an activating group) is 1. The molecule has 0 radical (unpaired) electrons. The molecule has 7 heteroatoms. The Labute approximate surface area is 127 Å². The highest BCUT2D eigenvalue weighted by Crippen LogP contribution is 2.23. The number of hydrogen-bond donors (Lipinski definition) is 1. The predicted octanol–water partition coefficient (Wildman–Crippen LogP) is 1.42.